The molecule has 2 rings (SSSR count). The Morgan fingerprint density at radius 1 is 1.04 bits per heavy atom. The summed E-state index contributed by atoms with van der Waals surface area (Å²) in [6.45, 7) is 1.22. The number of thiophene rings is 1. The monoisotopic (exact) mass is 449 g/mol. The smallest absolute Gasteiger partial charge is 0.271 e. The van der Waals surface area contributed by atoms with Gasteiger partial charge in [-0.3, -0.25) is 0 Å². The van der Waals surface area contributed by atoms with Crippen molar-refractivity contribution in [3.8, 4) is 0 Å². The van der Waals surface area contributed by atoms with Gasteiger partial charge in [0, 0.05) is 13.7 Å². The number of rotatable bonds is 11. The van der Waals surface area contributed by atoms with Crippen molar-refractivity contribution in [2.45, 2.75) is 34.3 Å². The van der Waals surface area contributed by atoms with E-state index in [4.69, 9.17) is 19.3 Å². The minimum atomic E-state index is -3.95. The quantitative estimate of drug-likeness (QED) is 0.522. The largest absolute Gasteiger partial charge is 0.333 e. The molecule has 0 fully saturated rings. The number of nitrogens with two attached hydrogens (primary N) is 1. The van der Waals surface area contributed by atoms with Gasteiger partial charge < -0.3 is 14.2 Å². The highest BCUT2D eigenvalue weighted by Crippen LogP contribution is 2.29. The van der Waals surface area contributed by atoms with Gasteiger partial charge in [-0.25, -0.2) is 22.0 Å². The van der Waals surface area contributed by atoms with Crippen LogP contribution in [0, 0.1) is 0 Å². The van der Waals surface area contributed by atoms with Crippen molar-refractivity contribution in [3.05, 3.63) is 48.0 Å². The van der Waals surface area contributed by atoms with Gasteiger partial charge in [-0.15, -0.1) is 11.3 Å². The zero-order valence-corrected chi connectivity index (χ0v) is 17.9. The van der Waals surface area contributed by atoms with Crippen molar-refractivity contribution in [1.29, 1.82) is 0 Å². The Morgan fingerprint density at radius 3 is 2.21 bits per heavy atom. The van der Waals surface area contributed by atoms with Crippen molar-refractivity contribution >= 4 is 31.2 Å². The summed E-state index contributed by atoms with van der Waals surface area (Å²) in [5, 5.41) is 5.05. The summed E-state index contributed by atoms with van der Waals surface area (Å²) in [5.41, 5.74) is 0.774. The van der Waals surface area contributed by atoms with Crippen LogP contribution in [0.3, 0.4) is 0 Å². The van der Waals surface area contributed by atoms with Gasteiger partial charge in [0.15, 0.2) is 9.84 Å². The SMILES string of the molecule is CCOC(OC)OC(CCS(=O)(=O)c1ccc(S(N)(=O)=O)s1)c1ccccc1. The number of ether oxygens (including phenoxy) is 3. The fourth-order valence-corrected chi connectivity index (χ4v) is 6.05. The van der Waals surface area contributed by atoms with E-state index in [1.165, 1.54) is 19.2 Å². The summed E-state index contributed by atoms with van der Waals surface area (Å²) < 4.78 is 64.1. The Kier molecular flexibility index (Phi) is 8.13. The topological polar surface area (TPSA) is 122 Å². The van der Waals surface area contributed by atoms with Gasteiger partial charge in [-0.2, -0.15) is 0 Å². The predicted molar refractivity (Wildman–Crippen MR) is 105 cm³/mol. The van der Waals surface area contributed by atoms with E-state index in [0.717, 1.165) is 5.56 Å². The van der Waals surface area contributed by atoms with Crippen molar-refractivity contribution in [1.82, 2.24) is 0 Å². The molecule has 2 atom stereocenters. The standard InChI is InChI=1S/C17H23NO7S3/c1-3-24-17(23-2)25-14(13-7-5-4-6-8-13)11-12-27(19,20)15-9-10-16(26-15)28(18,21)22/h4-10,14,17H,3,11-12H2,1-2H3,(H2,18,21,22). The molecule has 0 aliphatic heterocycles. The molecule has 1 aromatic carbocycles. The molecule has 1 aromatic heterocycles. The average Bonchev–Trinajstić information content (AvgIpc) is 3.16. The molecule has 0 spiro atoms. The lowest BCUT2D eigenvalue weighted by Crippen LogP contribution is -2.23. The molecule has 0 saturated carbocycles. The summed E-state index contributed by atoms with van der Waals surface area (Å²) in [5.74, 6) is -0.250. The molecule has 8 nitrogen and oxygen atoms in total. The zero-order chi connectivity index (χ0) is 20.8. The zero-order valence-electron chi connectivity index (χ0n) is 15.5. The molecule has 1 heterocycles. The Bertz CT molecular complexity index is 956. The maximum Gasteiger partial charge on any atom is 0.271 e. The molecule has 11 heteroatoms. The predicted octanol–water partition coefficient (Wildman–Crippen LogP) is 2.28. The third-order valence-electron chi connectivity index (χ3n) is 3.73. The molecule has 0 aliphatic carbocycles. The Morgan fingerprint density at radius 2 is 1.68 bits per heavy atom. The molecule has 0 aliphatic rings. The number of hydrogen-bond donors (Lipinski definition) is 1. The van der Waals surface area contributed by atoms with Gasteiger partial charge in [-0.05, 0) is 31.0 Å². The lowest BCUT2D eigenvalue weighted by atomic mass is 10.1. The Hall–Kier alpha value is -1.34. The second-order valence-corrected chi connectivity index (χ2v) is 10.9. The molecule has 2 unspecified atom stereocenters. The molecule has 0 bridgehead atoms. The van der Waals surface area contributed by atoms with E-state index in [1.54, 1.807) is 6.92 Å². The Balaban J connectivity index is 2.18. The van der Waals surface area contributed by atoms with E-state index >= 15 is 0 Å². The second-order valence-electron chi connectivity index (χ2n) is 5.74. The molecular formula is C17H23NO7S3. The number of primary sulfonamides is 1. The normalized spacial score (nSPS) is 14.7. The molecule has 2 N–H and O–H groups in total. The van der Waals surface area contributed by atoms with Crippen LogP contribution < -0.4 is 5.14 Å². The van der Waals surface area contributed by atoms with Gasteiger partial charge in [0.1, 0.15) is 8.42 Å². The van der Waals surface area contributed by atoms with E-state index in [1.807, 2.05) is 30.3 Å². The third kappa shape index (κ3) is 6.34. The summed E-state index contributed by atoms with van der Waals surface area (Å²) in [6, 6.07) is 11.6. The number of sulfone groups is 1. The van der Waals surface area contributed by atoms with E-state index in [-0.39, 0.29) is 20.6 Å². The van der Waals surface area contributed by atoms with Crippen LogP contribution in [-0.2, 0) is 34.1 Å². The van der Waals surface area contributed by atoms with Crippen LogP contribution in [0.15, 0.2) is 50.9 Å². The Labute approximate surface area is 169 Å². The summed E-state index contributed by atoms with van der Waals surface area (Å²) >= 11 is 0.630. The van der Waals surface area contributed by atoms with Gasteiger partial charge in [0.2, 0.25) is 10.0 Å². The number of methoxy groups -OCH3 is 1. The first-order valence-corrected chi connectivity index (χ1v) is 12.4. The molecular weight excluding hydrogens is 426 g/mol. The maximum atomic E-state index is 12.6. The lowest BCUT2D eigenvalue weighted by molar-refractivity contribution is -0.294. The van der Waals surface area contributed by atoms with Crippen LogP contribution in [-0.4, -0.2) is 42.8 Å². The minimum absolute atomic E-state index is 0.0589. The lowest BCUT2D eigenvalue weighted by Gasteiger charge is -2.23. The number of benzene rings is 1. The van der Waals surface area contributed by atoms with Gasteiger partial charge in [-0.1, -0.05) is 30.3 Å². The average molecular weight is 450 g/mol. The molecule has 28 heavy (non-hydrogen) atoms. The van der Waals surface area contributed by atoms with Crippen molar-refractivity contribution in [2.75, 3.05) is 19.5 Å². The molecule has 156 valence electrons. The van der Waals surface area contributed by atoms with Crippen molar-refractivity contribution in [2.24, 2.45) is 5.14 Å². The summed E-state index contributed by atoms with van der Waals surface area (Å²) in [7, 11) is -6.24. The number of sulfonamides is 1. The second kappa shape index (κ2) is 9.92. The highest BCUT2D eigenvalue weighted by Gasteiger charge is 2.25. The van der Waals surface area contributed by atoms with Crippen LogP contribution in [0.5, 0.6) is 0 Å². The molecule has 2 aromatic rings. The third-order valence-corrected chi connectivity index (χ3v) is 8.59. The van der Waals surface area contributed by atoms with E-state index in [2.05, 4.69) is 0 Å². The van der Waals surface area contributed by atoms with Crippen LogP contribution in [0.25, 0.3) is 0 Å². The van der Waals surface area contributed by atoms with E-state index in [0.29, 0.717) is 17.9 Å². The van der Waals surface area contributed by atoms with Crippen molar-refractivity contribution in [3.63, 3.8) is 0 Å². The highest BCUT2D eigenvalue weighted by molar-refractivity contribution is 7.95. The number of hydrogen-bond acceptors (Lipinski definition) is 8. The van der Waals surface area contributed by atoms with Crippen LogP contribution in [0.4, 0.5) is 0 Å². The fraction of sp³-hybridized carbons (Fsp3) is 0.412. The first kappa shape index (κ1) is 22.9. The summed E-state index contributed by atoms with van der Waals surface area (Å²) in [4.78, 5) is 0. The first-order chi connectivity index (χ1) is 13.2. The molecule has 0 saturated heterocycles. The minimum Gasteiger partial charge on any atom is -0.333 e. The first-order valence-electron chi connectivity index (χ1n) is 8.37. The summed E-state index contributed by atoms with van der Waals surface area (Å²) in [6.07, 6.45) is -0.466. The van der Waals surface area contributed by atoms with E-state index in [9.17, 15) is 16.8 Å². The van der Waals surface area contributed by atoms with E-state index < -0.39 is 32.4 Å². The fourth-order valence-electron chi connectivity index (χ4n) is 2.40. The molecule has 0 amide bonds. The van der Waals surface area contributed by atoms with Crippen LogP contribution in [0.1, 0.15) is 25.0 Å². The van der Waals surface area contributed by atoms with Gasteiger partial charge >= 0.3 is 0 Å². The van der Waals surface area contributed by atoms with Crippen molar-refractivity contribution < 1.29 is 31.0 Å². The molecule has 0 radical (unpaired) electrons. The van der Waals surface area contributed by atoms with Crippen LogP contribution >= 0.6 is 11.3 Å². The van der Waals surface area contributed by atoms with Gasteiger partial charge in [0.25, 0.3) is 6.48 Å². The van der Waals surface area contributed by atoms with Crippen LogP contribution in [0.2, 0.25) is 0 Å². The van der Waals surface area contributed by atoms with Gasteiger partial charge in [0.05, 0.1) is 11.9 Å². The maximum absolute atomic E-state index is 12.6. The highest BCUT2D eigenvalue weighted by atomic mass is 32.3.